The predicted molar refractivity (Wildman–Crippen MR) is 117 cm³/mol. The maximum absolute atomic E-state index is 13.2. The molecule has 0 bridgehead atoms. The van der Waals surface area contributed by atoms with E-state index in [1.807, 2.05) is 24.3 Å². The van der Waals surface area contributed by atoms with Gasteiger partial charge in [0.25, 0.3) is 5.91 Å². The number of anilines is 1. The quantitative estimate of drug-likeness (QED) is 0.646. The van der Waals surface area contributed by atoms with Crippen molar-refractivity contribution in [3.05, 3.63) is 58.8 Å². The van der Waals surface area contributed by atoms with Crippen LogP contribution in [0.1, 0.15) is 19.8 Å². The van der Waals surface area contributed by atoms with Crippen molar-refractivity contribution in [3.63, 3.8) is 0 Å². The fraction of sp³-hybridized carbons (Fsp3) is 0.364. The minimum Gasteiger partial charge on any atom is -0.481 e. The van der Waals surface area contributed by atoms with E-state index in [0.29, 0.717) is 31.1 Å². The molecule has 2 N–H and O–H groups in total. The molecule has 2 atom stereocenters. The first-order chi connectivity index (χ1) is 14.4. The van der Waals surface area contributed by atoms with Crippen molar-refractivity contribution in [2.24, 2.45) is 5.92 Å². The lowest BCUT2D eigenvalue weighted by Crippen LogP contribution is -2.48. The summed E-state index contributed by atoms with van der Waals surface area (Å²) in [7, 11) is 0. The number of benzene rings is 2. The van der Waals surface area contributed by atoms with E-state index in [-0.39, 0.29) is 11.8 Å². The second-order valence-electron chi connectivity index (χ2n) is 7.35. The molecule has 0 aromatic heterocycles. The van der Waals surface area contributed by atoms with E-state index in [2.05, 4.69) is 26.6 Å². The van der Waals surface area contributed by atoms with Crippen LogP contribution < -0.4 is 15.4 Å². The molecule has 2 aromatic rings. The Hall–Kier alpha value is -2.61. The summed E-state index contributed by atoms with van der Waals surface area (Å²) in [6, 6.07) is 12.7. The highest BCUT2D eigenvalue weighted by molar-refractivity contribution is 9.10. The summed E-state index contributed by atoms with van der Waals surface area (Å²) in [5.74, 6) is 0.324. The smallest absolute Gasteiger partial charge is 0.319 e. The number of rotatable bonds is 6. The summed E-state index contributed by atoms with van der Waals surface area (Å²) in [6.45, 7) is 3.43. The van der Waals surface area contributed by atoms with E-state index in [1.54, 1.807) is 17.9 Å². The average molecular weight is 478 g/mol. The summed E-state index contributed by atoms with van der Waals surface area (Å²) in [4.78, 5) is 26.6. The molecule has 0 saturated carbocycles. The highest BCUT2D eigenvalue weighted by Gasteiger charge is 2.28. The minimum absolute atomic E-state index is 0.0631. The number of carbonyl (C=O) groups excluding carboxylic acids is 2. The first kappa shape index (κ1) is 22.1. The number of likely N-dealkylation sites (tertiary alicyclic amines) is 1. The zero-order valence-electron chi connectivity index (χ0n) is 16.7. The summed E-state index contributed by atoms with van der Waals surface area (Å²) < 4.78 is 19.9. The van der Waals surface area contributed by atoms with Crippen LogP contribution in [0.2, 0.25) is 0 Å². The number of hydrogen-bond acceptors (Lipinski definition) is 3. The van der Waals surface area contributed by atoms with Gasteiger partial charge in [-0.25, -0.2) is 9.18 Å². The Balaban J connectivity index is 1.46. The molecule has 1 aliphatic rings. The van der Waals surface area contributed by atoms with Gasteiger partial charge in [-0.15, -0.1) is 0 Å². The molecule has 0 spiro atoms. The summed E-state index contributed by atoms with van der Waals surface area (Å²) >= 11 is 3.37. The Morgan fingerprint density at radius 3 is 2.77 bits per heavy atom. The number of amides is 3. The van der Waals surface area contributed by atoms with Gasteiger partial charge in [-0.1, -0.05) is 22.0 Å². The van der Waals surface area contributed by atoms with Gasteiger partial charge in [0.2, 0.25) is 0 Å². The Morgan fingerprint density at radius 1 is 1.27 bits per heavy atom. The van der Waals surface area contributed by atoms with Gasteiger partial charge in [0, 0.05) is 29.8 Å². The monoisotopic (exact) mass is 477 g/mol. The van der Waals surface area contributed by atoms with Gasteiger partial charge in [-0.2, -0.15) is 0 Å². The molecule has 3 amide bonds. The third-order valence-corrected chi connectivity index (χ3v) is 5.47. The first-order valence-electron chi connectivity index (χ1n) is 9.92. The molecule has 8 heteroatoms. The molecule has 6 nitrogen and oxygen atoms in total. The lowest BCUT2D eigenvalue weighted by Gasteiger charge is -2.34. The number of ether oxygens (including phenoxy) is 1. The summed E-state index contributed by atoms with van der Waals surface area (Å²) in [6.07, 6.45) is 1.20. The zero-order valence-corrected chi connectivity index (χ0v) is 18.3. The Morgan fingerprint density at radius 2 is 2.03 bits per heavy atom. The Kier molecular flexibility index (Phi) is 7.68. The molecule has 0 aliphatic carbocycles. The van der Waals surface area contributed by atoms with Crippen LogP contribution in [-0.4, -0.2) is 42.6 Å². The fourth-order valence-corrected chi connectivity index (χ4v) is 3.70. The van der Waals surface area contributed by atoms with Crippen LogP contribution in [0.3, 0.4) is 0 Å². The van der Waals surface area contributed by atoms with Crippen molar-refractivity contribution in [2.45, 2.75) is 25.9 Å². The van der Waals surface area contributed by atoms with Crippen LogP contribution in [0.15, 0.2) is 53.0 Å². The van der Waals surface area contributed by atoms with Crippen LogP contribution in [0.4, 0.5) is 14.9 Å². The molecular weight excluding hydrogens is 453 g/mol. The number of nitrogens with one attached hydrogen (secondary N) is 2. The molecule has 1 heterocycles. The minimum atomic E-state index is -0.589. The lowest BCUT2D eigenvalue weighted by atomic mass is 9.97. The molecule has 30 heavy (non-hydrogen) atoms. The van der Waals surface area contributed by atoms with Gasteiger partial charge in [-0.05, 0) is 68.1 Å². The van der Waals surface area contributed by atoms with Crippen molar-refractivity contribution in [1.29, 1.82) is 0 Å². The normalized spacial score (nSPS) is 17.2. The van der Waals surface area contributed by atoms with E-state index in [4.69, 9.17) is 4.74 Å². The van der Waals surface area contributed by atoms with Gasteiger partial charge in [0.15, 0.2) is 6.10 Å². The molecule has 0 radical (unpaired) electrons. The first-order valence-corrected chi connectivity index (χ1v) is 10.7. The SMILES string of the molecule is CC(Oc1ccc(Br)cc1)C(=O)N1CCCC(CNC(=O)Nc2cccc(F)c2)C1. The van der Waals surface area contributed by atoms with Crippen molar-refractivity contribution >= 4 is 33.6 Å². The lowest BCUT2D eigenvalue weighted by molar-refractivity contribution is -0.139. The summed E-state index contributed by atoms with van der Waals surface area (Å²) in [5, 5.41) is 5.42. The van der Waals surface area contributed by atoms with E-state index >= 15 is 0 Å². The molecule has 2 aromatic carbocycles. The second-order valence-corrected chi connectivity index (χ2v) is 8.27. The van der Waals surface area contributed by atoms with E-state index in [9.17, 15) is 14.0 Å². The average Bonchev–Trinajstić information content (AvgIpc) is 2.73. The van der Waals surface area contributed by atoms with Crippen LogP contribution in [0, 0.1) is 11.7 Å². The van der Waals surface area contributed by atoms with E-state index in [0.717, 1.165) is 17.3 Å². The van der Waals surface area contributed by atoms with Gasteiger partial charge >= 0.3 is 6.03 Å². The van der Waals surface area contributed by atoms with Gasteiger partial charge in [0.05, 0.1) is 0 Å². The largest absolute Gasteiger partial charge is 0.481 e. The van der Waals surface area contributed by atoms with Crippen molar-refractivity contribution in [3.8, 4) is 5.75 Å². The highest BCUT2D eigenvalue weighted by Crippen LogP contribution is 2.20. The fourth-order valence-electron chi connectivity index (χ4n) is 3.44. The maximum Gasteiger partial charge on any atom is 0.319 e. The molecule has 1 fully saturated rings. The number of nitrogens with zero attached hydrogens (tertiary/aromatic N) is 1. The summed E-state index contributed by atoms with van der Waals surface area (Å²) in [5.41, 5.74) is 0.395. The molecule has 160 valence electrons. The molecule has 1 saturated heterocycles. The molecular formula is C22H25BrFN3O3. The second kappa shape index (κ2) is 10.4. The van der Waals surface area contributed by atoms with E-state index in [1.165, 1.54) is 18.2 Å². The molecule has 3 rings (SSSR count). The Bertz CT molecular complexity index is 878. The number of piperidine rings is 1. The number of urea groups is 1. The van der Waals surface area contributed by atoms with Crippen LogP contribution in [0.25, 0.3) is 0 Å². The Labute approximate surface area is 183 Å². The van der Waals surface area contributed by atoms with Crippen LogP contribution in [-0.2, 0) is 4.79 Å². The van der Waals surface area contributed by atoms with Crippen LogP contribution >= 0.6 is 15.9 Å². The van der Waals surface area contributed by atoms with Crippen molar-refractivity contribution in [1.82, 2.24) is 10.2 Å². The van der Waals surface area contributed by atoms with Gasteiger partial charge in [0.1, 0.15) is 11.6 Å². The van der Waals surface area contributed by atoms with Crippen molar-refractivity contribution < 1.29 is 18.7 Å². The van der Waals surface area contributed by atoms with E-state index < -0.39 is 18.0 Å². The number of halogens is 2. The molecule has 1 aliphatic heterocycles. The standard InChI is InChI=1S/C22H25BrFN3O3/c1-15(30-20-9-7-17(23)8-10-20)21(28)27-11-3-4-16(14-27)13-25-22(29)26-19-6-2-5-18(24)12-19/h2,5-10,12,15-16H,3-4,11,13-14H2,1H3,(H2,25,26,29). The van der Waals surface area contributed by atoms with Gasteiger partial charge in [-0.3, -0.25) is 4.79 Å². The predicted octanol–water partition coefficient (Wildman–Crippen LogP) is 4.42. The number of carbonyl (C=O) groups is 2. The maximum atomic E-state index is 13.2. The third kappa shape index (κ3) is 6.45. The third-order valence-electron chi connectivity index (χ3n) is 4.94. The van der Waals surface area contributed by atoms with Crippen LogP contribution in [0.5, 0.6) is 5.75 Å². The number of hydrogen-bond donors (Lipinski definition) is 2. The zero-order chi connectivity index (χ0) is 21.5. The highest BCUT2D eigenvalue weighted by atomic mass is 79.9. The van der Waals surface area contributed by atoms with Gasteiger partial charge < -0.3 is 20.3 Å². The topological polar surface area (TPSA) is 70.7 Å². The van der Waals surface area contributed by atoms with Crippen molar-refractivity contribution in [2.75, 3.05) is 25.0 Å². The molecule has 2 unspecified atom stereocenters.